The van der Waals surface area contributed by atoms with Crippen LogP contribution >= 0.6 is 0 Å². The van der Waals surface area contributed by atoms with Gasteiger partial charge in [-0.2, -0.15) is 0 Å². The first-order valence-corrected chi connectivity index (χ1v) is 15.4. The van der Waals surface area contributed by atoms with Crippen LogP contribution in [0.15, 0.2) is 54.6 Å². The van der Waals surface area contributed by atoms with Crippen LogP contribution in [0.1, 0.15) is 80.4 Å². The van der Waals surface area contributed by atoms with Gasteiger partial charge in [-0.25, -0.2) is 0 Å². The molecule has 0 amide bonds. The Labute approximate surface area is 235 Å². The van der Waals surface area contributed by atoms with Crippen molar-refractivity contribution >= 4 is 5.97 Å². The number of carboxylic acids is 1. The maximum atomic E-state index is 12.5. The lowest BCUT2D eigenvalue weighted by molar-refractivity contribution is -0.145. The lowest BCUT2D eigenvalue weighted by Gasteiger charge is -2.35. The van der Waals surface area contributed by atoms with Gasteiger partial charge < -0.3 is 10.0 Å². The Bertz CT molecular complexity index is 1100. The van der Waals surface area contributed by atoms with E-state index in [0.717, 1.165) is 63.5 Å². The van der Waals surface area contributed by atoms with Crippen molar-refractivity contribution < 1.29 is 9.90 Å². The lowest BCUT2D eigenvalue weighted by Crippen LogP contribution is -2.46. The number of hydrogen-bond donors (Lipinski definition) is 1. The van der Waals surface area contributed by atoms with E-state index >= 15 is 0 Å². The molecule has 3 fully saturated rings. The number of terminal acetylenes is 1. The molecular formula is C35H46N2O2. The third-order valence-corrected chi connectivity index (χ3v) is 9.87. The summed E-state index contributed by atoms with van der Waals surface area (Å²) in [6.45, 7) is 5.18. The Kier molecular flexibility index (Phi) is 9.77. The Hall–Kier alpha value is -2.61. The maximum Gasteiger partial charge on any atom is 0.321 e. The van der Waals surface area contributed by atoms with Gasteiger partial charge >= 0.3 is 5.97 Å². The Morgan fingerprint density at radius 3 is 2.38 bits per heavy atom. The second-order valence-electron chi connectivity index (χ2n) is 12.4. The zero-order valence-corrected chi connectivity index (χ0v) is 23.5. The minimum absolute atomic E-state index is 0.301. The highest BCUT2D eigenvalue weighted by atomic mass is 16.4. The standard InChI is InChI=1S/C35H46N2O2/c1-2-28-13-9-10-14-29(28)19-11-12-27-20-22-36(23-21-27)24-32-25-37(26-33(32)30-15-5-3-6-16-30)34(35(38)39)31-17-7-4-8-18-31/h1,3,5-6,9-10,13-16,27,31-34H,4,7-8,11-12,17-26H2,(H,38,39). The van der Waals surface area contributed by atoms with Crippen molar-refractivity contribution in [3.63, 3.8) is 0 Å². The van der Waals surface area contributed by atoms with Crippen LogP contribution in [0.3, 0.4) is 0 Å². The van der Waals surface area contributed by atoms with Gasteiger partial charge in [0.15, 0.2) is 0 Å². The molecule has 3 unspecified atom stereocenters. The second kappa shape index (κ2) is 13.6. The number of carboxylic acid groups (broad SMARTS) is 1. The molecular weight excluding hydrogens is 480 g/mol. The van der Waals surface area contributed by atoms with E-state index in [1.54, 1.807) is 0 Å². The van der Waals surface area contributed by atoms with Gasteiger partial charge in [0.1, 0.15) is 6.04 Å². The van der Waals surface area contributed by atoms with Crippen molar-refractivity contribution in [1.82, 2.24) is 9.80 Å². The van der Waals surface area contributed by atoms with Gasteiger partial charge in [-0.05, 0) is 86.6 Å². The van der Waals surface area contributed by atoms with Crippen molar-refractivity contribution in [3.05, 3.63) is 71.3 Å². The van der Waals surface area contributed by atoms with Crippen molar-refractivity contribution in [3.8, 4) is 12.3 Å². The number of hydrogen-bond acceptors (Lipinski definition) is 3. The summed E-state index contributed by atoms with van der Waals surface area (Å²) < 4.78 is 0. The Morgan fingerprint density at radius 2 is 1.67 bits per heavy atom. The number of nitrogens with zero attached hydrogens (tertiary/aromatic N) is 2. The van der Waals surface area contributed by atoms with E-state index < -0.39 is 5.97 Å². The first-order valence-electron chi connectivity index (χ1n) is 15.4. The first-order chi connectivity index (χ1) is 19.1. The third kappa shape index (κ3) is 7.13. The normalized spacial score (nSPS) is 24.4. The molecule has 4 heteroatoms. The highest BCUT2D eigenvalue weighted by Gasteiger charge is 2.43. The van der Waals surface area contributed by atoms with E-state index in [1.165, 1.54) is 56.1 Å². The zero-order chi connectivity index (χ0) is 27.0. The maximum absolute atomic E-state index is 12.5. The molecule has 0 radical (unpaired) electrons. The van der Waals surface area contributed by atoms with Gasteiger partial charge in [0.2, 0.25) is 0 Å². The molecule has 39 heavy (non-hydrogen) atoms. The predicted molar refractivity (Wildman–Crippen MR) is 159 cm³/mol. The zero-order valence-electron chi connectivity index (χ0n) is 23.5. The molecule has 3 aliphatic rings. The molecule has 2 aliphatic heterocycles. The summed E-state index contributed by atoms with van der Waals surface area (Å²) in [5, 5.41) is 10.3. The third-order valence-electron chi connectivity index (χ3n) is 9.87. The Balaban J connectivity index is 1.17. The van der Waals surface area contributed by atoms with Crippen LogP contribution in [0, 0.1) is 30.1 Å². The number of carbonyl (C=O) groups is 1. The molecule has 0 aromatic heterocycles. The molecule has 5 rings (SSSR count). The van der Waals surface area contributed by atoms with E-state index in [-0.39, 0.29) is 6.04 Å². The molecule has 2 aromatic rings. The average Bonchev–Trinajstić information content (AvgIpc) is 3.38. The molecule has 0 spiro atoms. The van der Waals surface area contributed by atoms with E-state index in [1.807, 2.05) is 6.07 Å². The van der Waals surface area contributed by atoms with Gasteiger partial charge in [-0.1, -0.05) is 80.1 Å². The molecule has 3 atom stereocenters. The number of likely N-dealkylation sites (tertiary alicyclic amines) is 2. The molecule has 4 nitrogen and oxygen atoms in total. The number of aryl methyl sites for hydroxylation is 1. The van der Waals surface area contributed by atoms with Crippen molar-refractivity contribution in [2.24, 2.45) is 17.8 Å². The fourth-order valence-corrected chi connectivity index (χ4v) is 7.75. The smallest absolute Gasteiger partial charge is 0.321 e. The molecule has 2 heterocycles. The number of piperidine rings is 1. The molecule has 1 aliphatic carbocycles. The van der Waals surface area contributed by atoms with Gasteiger partial charge in [-0.15, -0.1) is 6.42 Å². The monoisotopic (exact) mass is 526 g/mol. The van der Waals surface area contributed by atoms with Crippen LogP contribution in [-0.2, 0) is 11.2 Å². The summed E-state index contributed by atoms with van der Waals surface area (Å²) in [5.74, 6) is 4.21. The molecule has 0 bridgehead atoms. The summed E-state index contributed by atoms with van der Waals surface area (Å²) in [6.07, 6.45) is 17.5. The largest absolute Gasteiger partial charge is 0.480 e. The highest BCUT2D eigenvalue weighted by Crippen LogP contribution is 2.38. The van der Waals surface area contributed by atoms with E-state index in [9.17, 15) is 9.90 Å². The van der Waals surface area contributed by atoms with E-state index in [2.05, 4.69) is 64.3 Å². The van der Waals surface area contributed by atoms with Gasteiger partial charge in [0, 0.05) is 31.1 Å². The van der Waals surface area contributed by atoms with Crippen molar-refractivity contribution in [2.45, 2.75) is 76.2 Å². The fourth-order valence-electron chi connectivity index (χ4n) is 7.75. The minimum Gasteiger partial charge on any atom is -0.480 e. The second-order valence-corrected chi connectivity index (χ2v) is 12.4. The summed E-state index contributed by atoms with van der Waals surface area (Å²) in [6, 6.07) is 18.9. The van der Waals surface area contributed by atoms with Crippen molar-refractivity contribution in [2.75, 3.05) is 32.7 Å². The van der Waals surface area contributed by atoms with Crippen molar-refractivity contribution in [1.29, 1.82) is 0 Å². The molecule has 208 valence electrons. The molecule has 2 saturated heterocycles. The molecule has 2 aromatic carbocycles. The quantitative estimate of drug-likeness (QED) is 0.361. The first kappa shape index (κ1) is 27.9. The molecule has 1 N–H and O–H groups in total. The van der Waals surface area contributed by atoms with Crippen LogP contribution in [0.2, 0.25) is 0 Å². The van der Waals surface area contributed by atoms with E-state index in [4.69, 9.17) is 6.42 Å². The number of aliphatic carboxylic acids is 1. The SMILES string of the molecule is C#Cc1ccccc1CCCC1CCN(CC2CN(C(C(=O)O)C3CCCCC3)CC2c2ccccc2)CC1. The average molecular weight is 527 g/mol. The summed E-state index contributed by atoms with van der Waals surface area (Å²) in [4.78, 5) is 17.5. The summed E-state index contributed by atoms with van der Waals surface area (Å²) in [7, 11) is 0. The van der Waals surface area contributed by atoms with Crippen LogP contribution in [0.25, 0.3) is 0 Å². The highest BCUT2D eigenvalue weighted by molar-refractivity contribution is 5.74. The lowest BCUT2D eigenvalue weighted by atomic mass is 9.83. The Morgan fingerprint density at radius 1 is 0.949 bits per heavy atom. The van der Waals surface area contributed by atoms with Gasteiger partial charge in [0.05, 0.1) is 0 Å². The van der Waals surface area contributed by atoms with Crippen LogP contribution in [0.4, 0.5) is 0 Å². The number of benzene rings is 2. The van der Waals surface area contributed by atoms with Crippen LogP contribution in [-0.4, -0.2) is 59.6 Å². The summed E-state index contributed by atoms with van der Waals surface area (Å²) >= 11 is 0. The predicted octanol–water partition coefficient (Wildman–Crippen LogP) is 6.45. The van der Waals surface area contributed by atoms with E-state index in [0.29, 0.717) is 17.8 Å². The molecule has 1 saturated carbocycles. The van der Waals surface area contributed by atoms with Gasteiger partial charge in [0.25, 0.3) is 0 Å². The topological polar surface area (TPSA) is 43.8 Å². The van der Waals surface area contributed by atoms with Gasteiger partial charge in [-0.3, -0.25) is 9.69 Å². The summed E-state index contributed by atoms with van der Waals surface area (Å²) in [5.41, 5.74) is 3.72. The fraction of sp³-hybridized carbons (Fsp3) is 0.571. The van der Waals surface area contributed by atoms with Crippen LogP contribution in [0.5, 0.6) is 0 Å². The number of rotatable bonds is 10. The van der Waals surface area contributed by atoms with Crippen LogP contribution < -0.4 is 0 Å². The minimum atomic E-state index is -0.611.